The molecular formula is C35H51ClN2O8. The van der Waals surface area contributed by atoms with Crippen LogP contribution in [-0.2, 0) is 14.3 Å². The first-order valence-electron chi connectivity index (χ1n) is 16.4. The number of nitrogens with zero attached hydrogens (tertiary/aromatic N) is 2. The number of oxime groups is 1. The predicted octanol–water partition coefficient (Wildman–Crippen LogP) is 6.13. The molecule has 0 aromatic heterocycles. The van der Waals surface area contributed by atoms with Crippen molar-refractivity contribution in [2.24, 2.45) is 22.9 Å². The van der Waals surface area contributed by atoms with Crippen LogP contribution in [-0.4, -0.2) is 88.8 Å². The Morgan fingerprint density at radius 1 is 1.20 bits per heavy atom. The summed E-state index contributed by atoms with van der Waals surface area (Å²) < 4.78 is 19.2. The molecule has 1 aliphatic heterocycles. The lowest BCUT2D eigenvalue weighted by molar-refractivity contribution is -0.253. The molecular weight excluding hydrogens is 612 g/mol. The normalized spacial score (nSPS) is 27.6. The molecule has 1 heterocycles. The second-order valence-electron chi connectivity index (χ2n) is 13.4. The van der Waals surface area contributed by atoms with Crippen LogP contribution in [0.15, 0.2) is 47.7 Å². The van der Waals surface area contributed by atoms with Gasteiger partial charge in [0.05, 0.1) is 24.1 Å². The van der Waals surface area contributed by atoms with Crippen LogP contribution in [0.1, 0.15) is 77.2 Å². The monoisotopic (exact) mass is 662 g/mol. The summed E-state index contributed by atoms with van der Waals surface area (Å²) in [4.78, 5) is 21.0. The zero-order valence-corrected chi connectivity index (χ0v) is 28.4. The minimum absolute atomic E-state index is 0.0503. The van der Waals surface area contributed by atoms with E-state index in [1.165, 1.54) is 4.90 Å². The van der Waals surface area contributed by atoms with E-state index in [2.05, 4.69) is 12.7 Å². The van der Waals surface area contributed by atoms with Crippen molar-refractivity contribution in [2.45, 2.75) is 89.1 Å². The molecule has 46 heavy (non-hydrogen) atoms. The maximum atomic E-state index is 13.4. The van der Waals surface area contributed by atoms with Crippen molar-refractivity contribution < 1.29 is 39.2 Å². The summed E-state index contributed by atoms with van der Waals surface area (Å²) in [5.74, 6) is -0.968. The number of unbranched alkanes of at least 4 members (excludes halogenated alkanes) is 2. The van der Waals surface area contributed by atoms with Gasteiger partial charge in [-0.05, 0) is 82.1 Å². The number of halogens is 1. The summed E-state index contributed by atoms with van der Waals surface area (Å²) in [5, 5.41) is 34.8. The lowest BCUT2D eigenvalue weighted by Crippen LogP contribution is -2.69. The number of likely N-dealkylation sites (N-methyl/N-ethyl adjacent to an activating group) is 1. The van der Waals surface area contributed by atoms with Crippen LogP contribution in [0.25, 0.3) is 0 Å². The SMILES string of the molecule is C=CCO[C@@]12Oc3ccc(O)cc3[C@H]3[C@H](CCCCO)[C@@H](CCCCO)C=C(C(=NOC(C)(C)C)C[C@@H]1N(C)C(=O)OCCCl)[C@H]32. The Labute approximate surface area is 278 Å². The van der Waals surface area contributed by atoms with Crippen LogP contribution in [0.4, 0.5) is 4.79 Å². The fourth-order valence-corrected chi connectivity index (χ4v) is 7.36. The van der Waals surface area contributed by atoms with Crippen LogP contribution in [0, 0.1) is 17.8 Å². The Morgan fingerprint density at radius 3 is 2.57 bits per heavy atom. The van der Waals surface area contributed by atoms with Crippen molar-refractivity contribution in [3.05, 3.63) is 48.1 Å². The van der Waals surface area contributed by atoms with E-state index in [9.17, 15) is 20.1 Å². The van der Waals surface area contributed by atoms with E-state index < -0.39 is 29.4 Å². The third-order valence-corrected chi connectivity index (χ3v) is 9.30. The molecule has 4 rings (SSSR count). The minimum Gasteiger partial charge on any atom is -0.508 e. The van der Waals surface area contributed by atoms with E-state index in [-0.39, 0.29) is 62.2 Å². The highest BCUT2D eigenvalue weighted by Gasteiger charge is 2.65. The zero-order valence-electron chi connectivity index (χ0n) is 27.6. The van der Waals surface area contributed by atoms with Crippen LogP contribution >= 0.6 is 11.6 Å². The predicted molar refractivity (Wildman–Crippen MR) is 177 cm³/mol. The molecule has 0 radical (unpaired) electrons. The van der Waals surface area contributed by atoms with Crippen molar-refractivity contribution in [2.75, 3.05) is 39.4 Å². The Bertz CT molecular complexity index is 1260. The number of amides is 1. The number of alkyl halides is 1. The van der Waals surface area contributed by atoms with Gasteiger partial charge in [-0.3, -0.25) is 0 Å². The van der Waals surface area contributed by atoms with Gasteiger partial charge in [0, 0.05) is 38.2 Å². The fraction of sp³-hybridized carbons (Fsp3) is 0.657. The van der Waals surface area contributed by atoms with Gasteiger partial charge >= 0.3 is 6.09 Å². The number of hydrogen-bond acceptors (Lipinski definition) is 9. The third kappa shape index (κ3) is 7.84. The summed E-state index contributed by atoms with van der Waals surface area (Å²) in [6.07, 6.45) is 8.29. The number of allylic oxidation sites excluding steroid dienone is 1. The van der Waals surface area contributed by atoms with Crippen LogP contribution in [0.2, 0.25) is 0 Å². The Hall–Kier alpha value is -2.79. The molecule has 1 amide bonds. The first kappa shape index (κ1) is 36.1. The lowest BCUT2D eigenvalue weighted by Gasteiger charge is -2.59. The molecule has 0 saturated heterocycles. The number of hydrogen-bond donors (Lipinski definition) is 3. The maximum Gasteiger partial charge on any atom is 0.410 e. The molecule has 256 valence electrons. The molecule has 11 heteroatoms. The molecule has 3 aliphatic rings. The molecule has 0 bridgehead atoms. The second kappa shape index (κ2) is 15.9. The Balaban J connectivity index is 2.00. The van der Waals surface area contributed by atoms with Crippen molar-refractivity contribution >= 4 is 23.4 Å². The number of carbonyl (C=O) groups is 1. The number of aromatic hydroxyl groups is 1. The van der Waals surface area contributed by atoms with Gasteiger partial charge in [-0.1, -0.05) is 30.1 Å². The van der Waals surface area contributed by atoms with E-state index in [4.69, 9.17) is 35.8 Å². The maximum absolute atomic E-state index is 13.4. The number of ether oxygens (including phenoxy) is 3. The quantitative estimate of drug-likeness (QED) is 0.0885. The summed E-state index contributed by atoms with van der Waals surface area (Å²) >= 11 is 5.86. The van der Waals surface area contributed by atoms with Gasteiger partial charge in [0.1, 0.15) is 29.7 Å². The smallest absolute Gasteiger partial charge is 0.410 e. The number of phenolic OH excluding ortho intramolecular Hbond substituents is 1. The van der Waals surface area contributed by atoms with Crippen molar-refractivity contribution in [3.63, 3.8) is 0 Å². The molecule has 1 fully saturated rings. The van der Waals surface area contributed by atoms with Gasteiger partial charge in [-0.25, -0.2) is 4.79 Å². The van der Waals surface area contributed by atoms with Crippen LogP contribution in [0.3, 0.4) is 0 Å². The van der Waals surface area contributed by atoms with E-state index in [1.54, 1.807) is 31.3 Å². The number of fused-ring (bicyclic) bond motifs is 2. The topological polar surface area (TPSA) is 130 Å². The fourth-order valence-electron chi connectivity index (χ4n) is 7.28. The average molecular weight is 663 g/mol. The number of phenols is 1. The summed E-state index contributed by atoms with van der Waals surface area (Å²) in [6, 6.07) is 4.45. The first-order valence-corrected chi connectivity index (χ1v) is 17.0. The molecule has 6 atom stereocenters. The lowest BCUT2D eigenvalue weighted by atomic mass is 9.55. The zero-order chi connectivity index (χ0) is 33.5. The minimum atomic E-state index is -1.37. The molecule has 0 unspecified atom stereocenters. The third-order valence-electron chi connectivity index (χ3n) is 9.14. The van der Waals surface area contributed by atoms with Gasteiger partial charge < -0.3 is 39.3 Å². The number of benzene rings is 1. The highest BCUT2D eigenvalue weighted by Crippen LogP contribution is 2.61. The van der Waals surface area contributed by atoms with Gasteiger partial charge in [0.25, 0.3) is 0 Å². The second-order valence-corrected chi connectivity index (χ2v) is 13.8. The van der Waals surface area contributed by atoms with Crippen molar-refractivity contribution in [1.82, 2.24) is 4.90 Å². The summed E-state index contributed by atoms with van der Waals surface area (Å²) in [5.41, 5.74) is 1.92. The Morgan fingerprint density at radius 2 is 1.91 bits per heavy atom. The molecule has 0 spiro atoms. The van der Waals surface area contributed by atoms with E-state index in [0.717, 1.165) is 36.8 Å². The van der Waals surface area contributed by atoms with E-state index in [1.807, 2.05) is 20.8 Å². The molecule has 3 N–H and O–H groups in total. The molecule has 1 saturated carbocycles. The molecule has 10 nitrogen and oxygen atoms in total. The highest BCUT2D eigenvalue weighted by atomic mass is 35.5. The number of rotatable bonds is 15. The largest absolute Gasteiger partial charge is 0.508 e. The standard InChI is InChI=1S/C35H51ClN2O8/c1-6-18-44-35-30(38(5)33(42)43-19-15-36)22-28(37-46-34(2,3)4)26-20-23(11-7-9-16-39)25(12-8-10-17-40)31(32(26)35)27-21-24(41)13-14-29(27)45-35/h6,13-14,20-21,23,25,30-32,39-41H,1,7-12,15-19,22H2,2-5H3/t23-,25+,30-,31+,32+,35+/m0/s1. The van der Waals surface area contributed by atoms with Gasteiger partial charge in [0.15, 0.2) is 0 Å². The van der Waals surface area contributed by atoms with Gasteiger partial charge in [0.2, 0.25) is 5.79 Å². The van der Waals surface area contributed by atoms with Crippen LogP contribution in [0.5, 0.6) is 11.5 Å². The van der Waals surface area contributed by atoms with Crippen LogP contribution < -0.4 is 4.74 Å². The number of aliphatic hydroxyl groups is 2. The van der Waals surface area contributed by atoms with Crippen molar-refractivity contribution in [1.29, 1.82) is 0 Å². The average Bonchev–Trinajstić information content (AvgIpc) is 3.02. The summed E-state index contributed by atoms with van der Waals surface area (Å²) in [6.45, 7) is 10.1. The van der Waals surface area contributed by atoms with E-state index >= 15 is 0 Å². The van der Waals surface area contributed by atoms with Gasteiger partial charge in [-0.2, -0.15) is 0 Å². The van der Waals surface area contributed by atoms with Gasteiger partial charge in [-0.15, -0.1) is 18.2 Å². The Kier molecular flexibility index (Phi) is 12.4. The number of carbonyl (C=O) groups excluding carboxylic acids is 1. The molecule has 1 aromatic carbocycles. The highest BCUT2D eigenvalue weighted by molar-refractivity contribution is 6.18. The summed E-state index contributed by atoms with van der Waals surface area (Å²) in [7, 11) is 1.67. The number of aliphatic hydroxyl groups excluding tert-OH is 2. The molecule has 2 aliphatic carbocycles. The van der Waals surface area contributed by atoms with Crippen molar-refractivity contribution in [3.8, 4) is 11.5 Å². The van der Waals surface area contributed by atoms with E-state index in [0.29, 0.717) is 24.3 Å². The first-order chi connectivity index (χ1) is 22.0. The molecule has 1 aromatic rings.